The number of nitrogens with one attached hydrogen (secondary N) is 1. The second-order valence-electron chi connectivity index (χ2n) is 4.77. The summed E-state index contributed by atoms with van der Waals surface area (Å²) in [4.78, 5) is 8.77. The van der Waals surface area contributed by atoms with E-state index in [4.69, 9.17) is 9.47 Å². The van der Waals surface area contributed by atoms with Gasteiger partial charge >= 0.3 is 0 Å². The Hall–Kier alpha value is -2.14. The summed E-state index contributed by atoms with van der Waals surface area (Å²) in [6.07, 6.45) is 1.61. The number of likely N-dealkylation sites (N-methyl/N-ethyl adjacent to an activating group) is 1. The van der Waals surface area contributed by atoms with E-state index in [0.29, 0.717) is 11.8 Å². The summed E-state index contributed by atoms with van der Waals surface area (Å²) in [5.74, 6) is 1.15. The molecule has 0 aliphatic heterocycles. The molecule has 1 aromatic heterocycles. The first-order chi connectivity index (χ1) is 10.2. The molecule has 21 heavy (non-hydrogen) atoms. The zero-order chi connectivity index (χ0) is 15.2. The molecule has 2 rings (SSSR count). The van der Waals surface area contributed by atoms with Gasteiger partial charge in [-0.1, -0.05) is 37.3 Å². The van der Waals surface area contributed by atoms with E-state index in [1.54, 1.807) is 20.4 Å². The quantitative estimate of drug-likeness (QED) is 0.885. The number of methoxy groups -OCH3 is 2. The number of hydrogen-bond donors (Lipinski definition) is 1. The van der Waals surface area contributed by atoms with Crippen molar-refractivity contribution in [2.75, 3.05) is 21.3 Å². The number of nitrogens with zero attached hydrogens (tertiary/aromatic N) is 2. The topological polar surface area (TPSA) is 56.3 Å². The molecule has 1 N–H and O–H groups in total. The number of hydrogen-bond acceptors (Lipinski definition) is 5. The van der Waals surface area contributed by atoms with Gasteiger partial charge in [0.05, 0.1) is 26.5 Å². The molecule has 2 atom stereocenters. The van der Waals surface area contributed by atoms with Crippen LogP contribution in [0.4, 0.5) is 0 Å². The fourth-order valence-corrected chi connectivity index (χ4v) is 2.40. The van der Waals surface area contributed by atoms with Crippen molar-refractivity contribution < 1.29 is 9.47 Å². The number of benzene rings is 1. The first kappa shape index (κ1) is 15.3. The van der Waals surface area contributed by atoms with Gasteiger partial charge in [0.25, 0.3) is 0 Å². The highest BCUT2D eigenvalue weighted by atomic mass is 16.5. The number of ether oxygens (including phenoxy) is 2. The molecule has 0 spiro atoms. The molecule has 0 fully saturated rings. The fraction of sp³-hybridized carbons (Fsp3) is 0.375. The van der Waals surface area contributed by atoms with E-state index in [1.807, 2.05) is 25.2 Å². The predicted molar refractivity (Wildman–Crippen MR) is 81.8 cm³/mol. The maximum Gasteiger partial charge on any atom is 0.240 e. The van der Waals surface area contributed by atoms with E-state index >= 15 is 0 Å². The van der Waals surface area contributed by atoms with Gasteiger partial charge in [-0.25, -0.2) is 4.98 Å². The van der Waals surface area contributed by atoms with Gasteiger partial charge in [-0.2, -0.15) is 4.98 Å². The van der Waals surface area contributed by atoms with E-state index in [1.165, 1.54) is 5.56 Å². The number of aromatic nitrogens is 2. The van der Waals surface area contributed by atoms with Crippen LogP contribution in [-0.2, 0) is 0 Å². The monoisotopic (exact) mass is 287 g/mol. The Labute approximate surface area is 125 Å². The Morgan fingerprint density at radius 3 is 2.38 bits per heavy atom. The van der Waals surface area contributed by atoms with Crippen LogP contribution in [0.5, 0.6) is 11.8 Å². The first-order valence-electron chi connectivity index (χ1n) is 6.88. The lowest BCUT2D eigenvalue weighted by Gasteiger charge is -2.24. The minimum Gasteiger partial charge on any atom is -0.480 e. The van der Waals surface area contributed by atoms with E-state index in [9.17, 15) is 0 Å². The standard InChI is InChI=1S/C16H21N3O2/c1-11(12-8-6-5-7-9-12)14(17-2)15-16(21-4)19-13(20-3)10-18-15/h5-11,14,17H,1-4H3. The van der Waals surface area contributed by atoms with Crippen LogP contribution in [0.3, 0.4) is 0 Å². The molecule has 0 aliphatic rings. The van der Waals surface area contributed by atoms with Gasteiger partial charge in [0, 0.05) is 5.92 Å². The van der Waals surface area contributed by atoms with Crippen LogP contribution in [0.15, 0.2) is 36.5 Å². The van der Waals surface area contributed by atoms with E-state index < -0.39 is 0 Å². The van der Waals surface area contributed by atoms with Gasteiger partial charge in [-0.15, -0.1) is 0 Å². The van der Waals surface area contributed by atoms with Crippen LogP contribution in [0.2, 0.25) is 0 Å². The predicted octanol–water partition coefficient (Wildman–Crippen LogP) is 2.56. The average Bonchev–Trinajstić information content (AvgIpc) is 2.56. The van der Waals surface area contributed by atoms with Gasteiger partial charge in [-0.05, 0) is 12.6 Å². The summed E-state index contributed by atoms with van der Waals surface area (Å²) >= 11 is 0. The molecule has 2 unspecified atom stereocenters. The summed E-state index contributed by atoms with van der Waals surface area (Å²) in [5.41, 5.74) is 2.01. The number of rotatable bonds is 6. The van der Waals surface area contributed by atoms with Crippen molar-refractivity contribution in [3.63, 3.8) is 0 Å². The first-order valence-corrected chi connectivity index (χ1v) is 6.88. The lowest BCUT2D eigenvalue weighted by atomic mass is 9.91. The van der Waals surface area contributed by atoms with E-state index in [-0.39, 0.29) is 12.0 Å². The van der Waals surface area contributed by atoms with Crippen molar-refractivity contribution in [1.82, 2.24) is 15.3 Å². The minimum atomic E-state index is 0.000700. The molecule has 112 valence electrons. The van der Waals surface area contributed by atoms with Crippen molar-refractivity contribution in [1.29, 1.82) is 0 Å². The average molecular weight is 287 g/mol. The van der Waals surface area contributed by atoms with Crippen molar-refractivity contribution in [2.45, 2.75) is 18.9 Å². The molecule has 0 bridgehead atoms. The maximum atomic E-state index is 5.36. The van der Waals surface area contributed by atoms with Crippen molar-refractivity contribution in [2.24, 2.45) is 0 Å². The highest BCUT2D eigenvalue weighted by molar-refractivity contribution is 5.30. The summed E-state index contributed by atoms with van der Waals surface area (Å²) in [5, 5.41) is 3.31. The highest BCUT2D eigenvalue weighted by Gasteiger charge is 2.25. The van der Waals surface area contributed by atoms with Crippen molar-refractivity contribution in [3.05, 3.63) is 47.8 Å². The molecule has 0 aliphatic carbocycles. The molecule has 1 heterocycles. The second-order valence-corrected chi connectivity index (χ2v) is 4.77. The summed E-state index contributed by atoms with van der Waals surface area (Å²) < 4.78 is 10.5. The molecular formula is C16H21N3O2. The van der Waals surface area contributed by atoms with Crippen LogP contribution >= 0.6 is 0 Å². The normalized spacial score (nSPS) is 13.5. The van der Waals surface area contributed by atoms with Crippen LogP contribution in [-0.4, -0.2) is 31.2 Å². The maximum absolute atomic E-state index is 5.36. The van der Waals surface area contributed by atoms with Crippen LogP contribution < -0.4 is 14.8 Å². The van der Waals surface area contributed by atoms with Crippen molar-refractivity contribution in [3.8, 4) is 11.8 Å². The summed E-state index contributed by atoms with van der Waals surface area (Å²) in [6.45, 7) is 2.15. The van der Waals surface area contributed by atoms with E-state index in [0.717, 1.165) is 5.69 Å². The Balaban J connectivity index is 2.37. The third-order valence-corrected chi connectivity index (χ3v) is 3.58. The third-order valence-electron chi connectivity index (χ3n) is 3.58. The van der Waals surface area contributed by atoms with Crippen LogP contribution in [0.1, 0.15) is 30.1 Å². The van der Waals surface area contributed by atoms with Crippen LogP contribution in [0.25, 0.3) is 0 Å². The molecule has 5 heteroatoms. The SMILES string of the molecule is CNC(c1ncc(OC)nc1OC)C(C)c1ccccc1. The zero-order valence-electron chi connectivity index (χ0n) is 12.8. The van der Waals surface area contributed by atoms with Crippen molar-refractivity contribution >= 4 is 0 Å². The van der Waals surface area contributed by atoms with Gasteiger partial charge in [0.15, 0.2) is 0 Å². The smallest absolute Gasteiger partial charge is 0.240 e. The van der Waals surface area contributed by atoms with Gasteiger partial charge in [-0.3, -0.25) is 0 Å². The molecular weight excluding hydrogens is 266 g/mol. The molecule has 0 amide bonds. The second kappa shape index (κ2) is 7.04. The largest absolute Gasteiger partial charge is 0.480 e. The minimum absolute atomic E-state index is 0.000700. The molecule has 0 saturated heterocycles. The van der Waals surface area contributed by atoms with E-state index in [2.05, 4.69) is 34.3 Å². The summed E-state index contributed by atoms with van der Waals surface area (Å²) in [6, 6.07) is 10.3. The van der Waals surface area contributed by atoms with Gasteiger partial charge in [0.1, 0.15) is 5.69 Å². The third kappa shape index (κ3) is 3.31. The molecule has 1 aromatic carbocycles. The Kier molecular flexibility index (Phi) is 5.11. The Morgan fingerprint density at radius 2 is 1.81 bits per heavy atom. The highest BCUT2D eigenvalue weighted by Crippen LogP contribution is 2.33. The molecule has 2 aromatic rings. The molecule has 5 nitrogen and oxygen atoms in total. The van der Waals surface area contributed by atoms with Crippen LogP contribution in [0, 0.1) is 0 Å². The molecule has 0 radical (unpaired) electrons. The molecule has 0 saturated carbocycles. The zero-order valence-corrected chi connectivity index (χ0v) is 12.8. The fourth-order valence-electron chi connectivity index (χ4n) is 2.40. The lowest BCUT2D eigenvalue weighted by Crippen LogP contribution is -2.24. The van der Waals surface area contributed by atoms with Gasteiger partial charge < -0.3 is 14.8 Å². The van der Waals surface area contributed by atoms with Gasteiger partial charge in [0.2, 0.25) is 11.8 Å². The Morgan fingerprint density at radius 1 is 1.10 bits per heavy atom. The Bertz CT molecular complexity index is 575. The summed E-state index contributed by atoms with van der Waals surface area (Å²) in [7, 11) is 5.06. The lowest BCUT2D eigenvalue weighted by molar-refractivity contribution is 0.346.